The van der Waals surface area contributed by atoms with Crippen LogP contribution in [0.2, 0.25) is 0 Å². The van der Waals surface area contributed by atoms with Gasteiger partial charge in [0.05, 0.1) is 11.4 Å². The molecule has 1 unspecified atom stereocenters. The largest absolute Gasteiger partial charge is 0.507 e. The molecule has 1 aromatic heterocycles. The van der Waals surface area contributed by atoms with Crippen LogP contribution in [-0.4, -0.2) is 31.5 Å². The van der Waals surface area contributed by atoms with E-state index in [4.69, 9.17) is 0 Å². The van der Waals surface area contributed by atoms with Crippen LogP contribution in [0.3, 0.4) is 0 Å². The van der Waals surface area contributed by atoms with E-state index >= 15 is 0 Å². The van der Waals surface area contributed by atoms with Gasteiger partial charge in [-0.15, -0.1) is 5.11 Å². The van der Waals surface area contributed by atoms with Gasteiger partial charge in [-0.2, -0.15) is 5.11 Å². The number of allylic oxidation sites excluding steroid dienone is 2. The summed E-state index contributed by atoms with van der Waals surface area (Å²) < 4.78 is 14.8. The van der Waals surface area contributed by atoms with Gasteiger partial charge in [0.25, 0.3) is 5.56 Å². The summed E-state index contributed by atoms with van der Waals surface area (Å²) in [6.45, 7) is 3.20. The molecule has 2 aromatic carbocycles. The van der Waals surface area contributed by atoms with Crippen molar-refractivity contribution in [2.45, 2.75) is 25.8 Å². The highest BCUT2D eigenvalue weighted by Gasteiger charge is 2.39. The number of aliphatic carboxylic acids is 1. The van der Waals surface area contributed by atoms with E-state index in [0.717, 1.165) is 0 Å². The molecule has 3 N–H and O–H groups in total. The Morgan fingerprint density at radius 3 is 2.67 bits per heavy atom. The van der Waals surface area contributed by atoms with Crippen molar-refractivity contribution in [3.05, 3.63) is 93.7 Å². The lowest BCUT2D eigenvalue weighted by molar-refractivity contribution is -0.141. The Labute approximate surface area is 188 Å². The summed E-state index contributed by atoms with van der Waals surface area (Å²) in [7, 11) is 0. The number of azo groups is 1. The molecule has 4 rings (SSSR count). The van der Waals surface area contributed by atoms with Crippen LogP contribution < -0.4 is 5.56 Å². The number of aromatic hydroxyl groups is 1. The van der Waals surface area contributed by atoms with Gasteiger partial charge >= 0.3 is 5.97 Å². The lowest BCUT2D eigenvalue weighted by Gasteiger charge is -2.24. The van der Waals surface area contributed by atoms with Crippen molar-refractivity contribution < 1.29 is 19.4 Å². The summed E-state index contributed by atoms with van der Waals surface area (Å²) in [5.74, 6) is -1.61. The summed E-state index contributed by atoms with van der Waals surface area (Å²) in [5.41, 5.74) is -0.114. The molecule has 33 heavy (non-hydrogen) atoms. The normalized spacial score (nSPS) is 18.0. The summed E-state index contributed by atoms with van der Waals surface area (Å²) in [6.07, 6.45) is 4.58. The molecule has 0 fully saturated rings. The fraction of sp³-hybridized carbons (Fsp3) is 0.167. The number of aryl methyl sites for hydroxylation is 2. The van der Waals surface area contributed by atoms with Crippen molar-refractivity contribution in [1.82, 2.24) is 9.78 Å². The molecule has 8 nitrogen and oxygen atoms in total. The number of phenolic OH excluding ortho intramolecular Hbond substituents is 1. The van der Waals surface area contributed by atoms with Crippen molar-refractivity contribution in [3.8, 4) is 11.4 Å². The zero-order chi connectivity index (χ0) is 23.8. The molecule has 0 bridgehead atoms. The number of hydrogen-bond donors (Lipinski definition) is 3. The number of aromatic amines is 1. The first-order chi connectivity index (χ1) is 15.7. The quantitative estimate of drug-likeness (QED) is 0.495. The lowest BCUT2D eigenvalue weighted by Crippen LogP contribution is -2.35. The molecule has 1 aliphatic carbocycles. The molecular weight excluding hydrogens is 427 g/mol. The maximum Gasteiger partial charge on any atom is 0.337 e. The van der Waals surface area contributed by atoms with Crippen molar-refractivity contribution in [2.75, 3.05) is 0 Å². The van der Waals surface area contributed by atoms with Gasteiger partial charge in [-0.1, -0.05) is 30.4 Å². The summed E-state index contributed by atoms with van der Waals surface area (Å²) >= 11 is 0. The number of carboxylic acids is 1. The Bertz CT molecular complexity index is 1400. The summed E-state index contributed by atoms with van der Waals surface area (Å²) in [4.78, 5) is 25.1. The van der Waals surface area contributed by atoms with Crippen molar-refractivity contribution in [1.29, 1.82) is 0 Å². The number of nitrogens with one attached hydrogen (secondary N) is 1. The summed E-state index contributed by atoms with van der Waals surface area (Å²) in [6, 6.07) is 10.8. The average Bonchev–Trinajstić information content (AvgIpc) is 3.08. The number of benzene rings is 2. The zero-order valence-corrected chi connectivity index (χ0v) is 17.9. The Morgan fingerprint density at radius 1 is 1.21 bits per heavy atom. The van der Waals surface area contributed by atoms with E-state index in [1.807, 2.05) is 0 Å². The predicted molar refractivity (Wildman–Crippen MR) is 121 cm³/mol. The molecule has 168 valence electrons. The van der Waals surface area contributed by atoms with Crippen LogP contribution in [0.15, 0.2) is 75.7 Å². The Balaban J connectivity index is 1.71. The van der Waals surface area contributed by atoms with E-state index in [1.165, 1.54) is 35.0 Å². The van der Waals surface area contributed by atoms with Gasteiger partial charge in [-0.3, -0.25) is 9.89 Å². The highest BCUT2D eigenvalue weighted by atomic mass is 19.1. The number of hydrogen-bond acceptors (Lipinski definition) is 5. The first-order valence-corrected chi connectivity index (χ1v) is 10.1. The molecule has 9 heteroatoms. The second-order valence-corrected chi connectivity index (χ2v) is 7.83. The maximum absolute atomic E-state index is 13.6. The van der Waals surface area contributed by atoms with Crippen LogP contribution >= 0.6 is 0 Å². The summed E-state index contributed by atoms with van der Waals surface area (Å²) in [5, 5.41) is 31.1. The van der Waals surface area contributed by atoms with Crippen molar-refractivity contribution >= 4 is 17.2 Å². The van der Waals surface area contributed by atoms with E-state index in [1.54, 1.807) is 44.2 Å². The van der Waals surface area contributed by atoms with E-state index < -0.39 is 22.9 Å². The van der Waals surface area contributed by atoms with Crippen LogP contribution in [0.5, 0.6) is 5.75 Å². The monoisotopic (exact) mass is 448 g/mol. The molecular formula is C24H21FN4O4. The van der Waals surface area contributed by atoms with Crippen LogP contribution in [-0.2, 0) is 4.79 Å². The van der Waals surface area contributed by atoms with E-state index in [0.29, 0.717) is 28.1 Å². The smallest absolute Gasteiger partial charge is 0.337 e. The number of H-pyrrole nitrogens is 1. The molecule has 1 heterocycles. The number of nitrogens with zero attached hydrogens (tertiary/aromatic N) is 3. The molecule has 0 amide bonds. The van der Waals surface area contributed by atoms with Crippen LogP contribution in [0, 0.1) is 19.7 Å². The first kappa shape index (κ1) is 21.9. The van der Waals surface area contributed by atoms with Gasteiger partial charge in [0.2, 0.25) is 5.54 Å². The average molecular weight is 448 g/mol. The first-order valence-electron chi connectivity index (χ1n) is 10.1. The minimum absolute atomic E-state index is 0.0224. The lowest BCUT2D eigenvalue weighted by atomic mass is 9.84. The second-order valence-electron chi connectivity index (χ2n) is 7.83. The van der Waals surface area contributed by atoms with Crippen LogP contribution in [0.1, 0.15) is 23.2 Å². The maximum atomic E-state index is 13.6. The number of rotatable bonds is 5. The van der Waals surface area contributed by atoms with Gasteiger partial charge in [0.1, 0.15) is 11.6 Å². The van der Waals surface area contributed by atoms with Crippen LogP contribution in [0.4, 0.5) is 10.1 Å². The standard InChI is InChI=1S/C24H21FN4O4/c1-14-12-17(9-10-19(14)25)29-22(31)21(15(2)27-29)26-28-24(23(32)33)11-5-6-16(13-24)18-7-3-4-8-20(18)30/h3-12,27,30H,13H2,1-2H3,(H,32,33). The highest BCUT2D eigenvalue weighted by molar-refractivity contribution is 5.88. The Hall–Kier alpha value is -4.27. The van der Waals surface area contributed by atoms with E-state index in [-0.39, 0.29) is 17.9 Å². The molecule has 0 saturated carbocycles. The fourth-order valence-corrected chi connectivity index (χ4v) is 3.66. The third-order valence-corrected chi connectivity index (χ3v) is 5.52. The topological polar surface area (TPSA) is 120 Å². The third-order valence-electron chi connectivity index (χ3n) is 5.52. The van der Waals surface area contributed by atoms with Gasteiger partial charge in [-0.25, -0.2) is 13.9 Å². The number of halogens is 1. The number of carbonyl (C=O) groups is 1. The van der Waals surface area contributed by atoms with Crippen molar-refractivity contribution in [2.24, 2.45) is 10.2 Å². The minimum atomic E-state index is -1.75. The van der Waals surface area contributed by atoms with Gasteiger partial charge < -0.3 is 10.2 Å². The molecule has 0 aliphatic heterocycles. The van der Waals surface area contributed by atoms with Gasteiger partial charge in [0, 0.05) is 12.0 Å². The molecule has 0 spiro atoms. The fourth-order valence-electron chi connectivity index (χ4n) is 3.66. The zero-order valence-electron chi connectivity index (χ0n) is 17.9. The van der Waals surface area contributed by atoms with Crippen molar-refractivity contribution in [3.63, 3.8) is 0 Å². The molecule has 0 saturated heterocycles. The Morgan fingerprint density at radius 2 is 1.97 bits per heavy atom. The van der Waals surface area contributed by atoms with Gasteiger partial charge in [0.15, 0.2) is 5.69 Å². The SMILES string of the molecule is Cc1cc(-n2[nH]c(C)c(N=NC3(C(=O)O)C=CC=C(c4ccccc4O)C3)c2=O)ccc1F. The molecule has 1 atom stereocenters. The van der Waals surface area contributed by atoms with Crippen LogP contribution in [0.25, 0.3) is 11.3 Å². The van der Waals surface area contributed by atoms with E-state index in [2.05, 4.69) is 15.3 Å². The minimum Gasteiger partial charge on any atom is -0.507 e. The van der Waals surface area contributed by atoms with Gasteiger partial charge in [-0.05, 0) is 55.3 Å². The highest BCUT2D eigenvalue weighted by Crippen LogP contribution is 2.37. The second kappa shape index (κ2) is 8.34. The molecule has 3 aromatic rings. The Kier molecular flexibility index (Phi) is 5.55. The molecule has 0 radical (unpaired) electrons. The number of aromatic nitrogens is 2. The van der Waals surface area contributed by atoms with E-state index in [9.17, 15) is 24.2 Å². The third kappa shape index (κ3) is 4.00. The molecule has 1 aliphatic rings. The number of carboxylic acid groups (broad SMARTS) is 1. The number of para-hydroxylation sites is 1. The predicted octanol–water partition coefficient (Wildman–Crippen LogP) is 4.58. The number of phenols is 1.